The standard InChI is InChI=1S/C16H15ClF3N3O3S2/c1-10-21-13(9-27-10)15(24)22-4-6-23(7-5-22)28(25,26)14-8-11(16(18,19)20)2-3-12(14)17/h2-3,8-9H,4-7H2,1H3. The molecular formula is C16H15ClF3N3O3S2. The summed E-state index contributed by atoms with van der Waals surface area (Å²) in [5, 5.41) is 2.08. The summed E-state index contributed by atoms with van der Waals surface area (Å²) < 4.78 is 65.4. The Kier molecular flexibility index (Phi) is 5.72. The van der Waals surface area contributed by atoms with Crippen LogP contribution in [0.4, 0.5) is 13.2 Å². The number of piperazine rings is 1. The predicted molar refractivity (Wildman–Crippen MR) is 98.0 cm³/mol. The van der Waals surface area contributed by atoms with Crippen LogP contribution in [0.25, 0.3) is 0 Å². The summed E-state index contributed by atoms with van der Waals surface area (Å²) in [6.45, 7) is 1.87. The second kappa shape index (κ2) is 7.62. The number of carbonyl (C=O) groups is 1. The molecular weight excluding hydrogens is 439 g/mol. The van der Waals surface area contributed by atoms with Crippen molar-refractivity contribution in [3.8, 4) is 0 Å². The van der Waals surface area contributed by atoms with E-state index in [4.69, 9.17) is 11.6 Å². The third-order valence-electron chi connectivity index (χ3n) is 4.24. The van der Waals surface area contributed by atoms with E-state index in [1.54, 1.807) is 12.3 Å². The number of amides is 1. The third-order valence-corrected chi connectivity index (χ3v) is 7.39. The van der Waals surface area contributed by atoms with Crippen LogP contribution in [0.15, 0.2) is 28.5 Å². The van der Waals surface area contributed by atoms with Crippen LogP contribution < -0.4 is 0 Å². The van der Waals surface area contributed by atoms with Crippen LogP contribution in [0.1, 0.15) is 21.1 Å². The maximum Gasteiger partial charge on any atom is 0.416 e. The van der Waals surface area contributed by atoms with Gasteiger partial charge in [-0.05, 0) is 25.1 Å². The first-order chi connectivity index (χ1) is 13.0. The zero-order valence-corrected chi connectivity index (χ0v) is 16.9. The molecule has 1 aliphatic heterocycles. The smallest absolute Gasteiger partial charge is 0.335 e. The van der Waals surface area contributed by atoms with Gasteiger partial charge in [-0.1, -0.05) is 11.6 Å². The summed E-state index contributed by atoms with van der Waals surface area (Å²) >= 11 is 7.20. The van der Waals surface area contributed by atoms with E-state index in [2.05, 4.69) is 4.98 Å². The molecule has 1 amide bonds. The van der Waals surface area contributed by atoms with Crippen molar-refractivity contribution in [2.75, 3.05) is 26.2 Å². The van der Waals surface area contributed by atoms with Gasteiger partial charge in [-0.2, -0.15) is 17.5 Å². The van der Waals surface area contributed by atoms with E-state index in [1.807, 2.05) is 0 Å². The molecule has 1 fully saturated rings. The zero-order chi connectivity index (χ0) is 20.7. The molecule has 0 atom stereocenters. The van der Waals surface area contributed by atoms with Crippen LogP contribution in [0.5, 0.6) is 0 Å². The van der Waals surface area contributed by atoms with Crippen molar-refractivity contribution in [3.63, 3.8) is 0 Å². The van der Waals surface area contributed by atoms with Crippen molar-refractivity contribution in [1.82, 2.24) is 14.2 Å². The number of benzene rings is 1. The number of carbonyl (C=O) groups excluding carboxylic acids is 1. The predicted octanol–water partition coefficient (Wildman–Crippen LogP) is 3.27. The first-order valence-electron chi connectivity index (χ1n) is 8.08. The normalized spacial score (nSPS) is 16.4. The van der Waals surface area contributed by atoms with Gasteiger partial charge in [0, 0.05) is 31.6 Å². The molecule has 0 spiro atoms. The molecule has 0 saturated carbocycles. The van der Waals surface area contributed by atoms with E-state index < -0.39 is 26.7 Å². The molecule has 1 saturated heterocycles. The number of thiazole rings is 1. The molecule has 12 heteroatoms. The quantitative estimate of drug-likeness (QED) is 0.715. The minimum Gasteiger partial charge on any atom is -0.335 e. The van der Waals surface area contributed by atoms with E-state index in [0.29, 0.717) is 11.8 Å². The van der Waals surface area contributed by atoms with Gasteiger partial charge in [0.2, 0.25) is 10.0 Å². The molecule has 1 aromatic carbocycles. The summed E-state index contributed by atoms with van der Waals surface area (Å²) in [5.41, 5.74) is -0.803. The molecule has 0 radical (unpaired) electrons. The Morgan fingerprint density at radius 2 is 1.86 bits per heavy atom. The van der Waals surface area contributed by atoms with Crippen LogP contribution in [0, 0.1) is 6.92 Å². The monoisotopic (exact) mass is 453 g/mol. The van der Waals surface area contributed by atoms with Crippen molar-refractivity contribution in [3.05, 3.63) is 44.9 Å². The fourth-order valence-corrected chi connectivity index (χ4v) is 5.28. The molecule has 1 aromatic heterocycles. The van der Waals surface area contributed by atoms with Gasteiger partial charge in [0.05, 0.1) is 15.6 Å². The highest BCUT2D eigenvalue weighted by Crippen LogP contribution is 2.34. The van der Waals surface area contributed by atoms with Crippen LogP contribution in [0.2, 0.25) is 5.02 Å². The lowest BCUT2D eigenvalue weighted by Gasteiger charge is -2.33. The van der Waals surface area contributed by atoms with E-state index in [1.165, 1.54) is 16.2 Å². The van der Waals surface area contributed by atoms with Crippen LogP contribution in [0.3, 0.4) is 0 Å². The number of alkyl halides is 3. The maximum absolute atomic E-state index is 12.9. The van der Waals surface area contributed by atoms with Crippen molar-refractivity contribution >= 4 is 38.9 Å². The summed E-state index contributed by atoms with van der Waals surface area (Å²) in [5.74, 6) is -0.307. The lowest BCUT2D eigenvalue weighted by Crippen LogP contribution is -2.50. The van der Waals surface area contributed by atoms with Crippen LogP contribution in [-0.2, 0) is 16.2 Å². The number of hydrogen-bond donors (Lipinski definition) is 0. The fourth-order valence-electron chi connectivity index (χ4n) is 2.77. The molecule has 2 aromatic rings. The number of hydrogen-bond acceptors (Lipinski definition) is 5. The lowest BCUT2D eigenvalue weighted by atomic mass is 10.2. The molecule has 152 valence electrons. The largest absolute Gasteiger partial charge is 0.416 e. The minimum absolute atomic E-state index is 0.0518. The minimum atomic E-state index is -4.69. The van der Waals surface area contributed by atoms with E-state index >= 15 is 0 Å². The van der Waals surface area contributed by atoms with Crippen molar-refractivity contribution in [2.24, 2.45) is 0 Å². The number of rotatable bonds is 3. The van der Waals surface area contributed by atoms with E-state index in [0.717, 1.165) is 21.4 Å². The highest BCUT2D eigenvalue weighted by atomic mass is 35.5. The molecule has 6 nitrogen and oxygen atoms in total. The van der Waals surface area contributed by atoms with Crippen molar-refractivity contribution in [1.29, 1.82) is 0 Å². The lowest BCUT2D eigenvalue weighted by molar-refractivity contribution is -0.137. The first-order valence-corrected chi connectivity index (χ1v) is 10.8. The molecule has 0 bridgehead atoms. The second-order valence-electron chi connectivity index (χ2n) is 6.09. The molecule has 3 rings (SSSR count). The zero-order valence-electron chi connectivity index (χ0n) is 14.5. The Hall–Kier alpha value is -1.69. The average Bonchev–Trinajstić information content (AvgIpc) is 3.07. The van der Waals surface area contributed by atoms with Gasteiger partial charge < -0.3 is 4.90 Å². The Labute approximate surface area is 168 Å². The molecule has 0 aliphatic carbocycles. The topological polar surface area (TPSA) is 70.6 Å². The number of sulfonamides is 1. The maximum atomic E-state index is 12.9. The van der Waals surface area contributed by atoms with Gasteiger partial charge in [0.1, 0.15) is 10.6 Å². The molecule has 2 heterocycles. The van der Waals surface area contributed by atoms with E-state index in [9.17, 15) is 26.4 Å². The molecule has 0 N–H and O–H groups in total. The number of aromatic nitrogens is 1. The second-order valence-corrected chi connectivity index (χ2v) is 9.47. The Bertz CT molecular complexity index is 1000. The number of nitrogens with zero attached hydrogens (tertiary/aromatic N) is 3. The van der Waals surface area contributed by atoms with Gasteiger partial charge in [-0.15, -0.1) is 11.3 Å². The Morgan fingerprint density at radius 1 is 1.21 bits per heavy atom. The summed E-state index contributed by atoms with van der Waals surface area (Å²) in [4.78, 5) is 17.4. The highest BCUT2D eigenvalue weighted by molar-refractivity contribution is 7.89. The van der Waals surface area contributed by atoms with Crippen LogP contribution in [-0.4, -0.2) is 54.7 Å². The van der Waals surface area contributed by atoms with Gasteiger partial charge in [0.15, 0.2) is 0 Å². The Morgan fingerprint density at radius 3 is 2.39 bits per heavy atom. The van der Waals surface area contributed by atoms with Crippen LogP contribution >= 0.6 is 22.9 Å². The number of aryl methyl sites for hydroxylation is 1. The van der Waals surface area contributed by atoms with Crippen molar-refractivity contribution < 1.29 is 26.4 Å². The van der Waals surface area contributed by atoms with E-state index in [-0.39, 0.29) is 37.1 Å². The summed E-state index contributed by atoms with van der Waals surface area (Å²) in [6, 6.07) is 2.18. The summed E-state index contributed by atoms with van der Waals surface area (Å²) in [7, 11) is -4.24. The first kappa shape index (κ1) is 21.0. The highest BCUT2D eigenvalue weighted by Gasteiger charge is 2.36. The Balaban J connectivity index is 1.77. The van der Waals surface area contributed by atoms with Gasteiger partial charge in [0.25, 0.3) is 5.91 Å². The molecule has 1 aliphatic rings. The molecule has 0 unspecified atom stereocenters. The number of halogens is 4. The average molecular weight is 454 g/mol. The van der Waals surface area contributed by atoms with Gasteiger partial charge in [-0.25, -0.2) is 13.4 Å². The SMILES string of the molecule is Cc1nc(C(=O)N2CCN(S(=O)(=O)c3cc(C(F)(F)F)ccc3Cl)CC2)cs1. The summed E-state index contributed by atoms with van der Waals surface area (Å²) in [6.07, 6.45) is -4.69. The van der Waals surface area contributed by atoms with Crippen molar-refractivity contribution in [2.45, 2.75) is 18.0 Å². The fraction of sp³-hybridized carbons (Fsp3) is 0.375. The third kappa shape index (κ3) is 4.17. The molecule has 28 heavy (non-hydrogen) atoms. The van der Waals surface area contributed by atoms with Gasteiger partial charge >= 0.3 is 6.18 Å². The van der Waals surface area contributed by atoms with Gasteiger partial charge in [-0.3, -0.25) is 4.79 Å².